The van der Waals surface area contributed by atoms with Crippen molar-refractivity contribution in [3.8, 4) is 0 Å². The molecule has 7 heteroatoms. The van der Waals surface area contributed by atoms with Crippen LogP contribution < -0.4 is 10.6 Å². The van der Waals surface area contributed by atoms with Crippen molar-refractivity contribution in [1.29, 1.82) is 0 Å². The molecule has 0 atom stereocenters. The Kier molecular flexibility index (Phi) is 8.37. The molecule has 0 fully saturated rings. The van der Waals surface area contributed by atoms with Gasteiger partial charge >= 0.3 is 0 Å². The summed E-state index contributed by atoms with van der Waals surface area (Å²) in [6, 6.07) is 8.45. The molecule has 2 aromatic heterocycles. The molecule has 26 heavy (non-hydrogen) atoms. The number of aromatic amines is 1. The zero-order valence-corrected chi connectivity index (χ0v) is 18.4. The lowest BCUT2D eigenvalue weighted by Crippen LogP contribution is -2.37. The number of aliphatic imine (C=N–C) groups is 1. The minimum atomic E-state index is 0. The van der Waals surface area contributed by atoms with Gasteiger partial charge < -0.3 is 15.6 Å². The zero-order valence-electron chi connectivity index (χ0n) is 15.2. The van der Waals surface area contributed by atoms with E-state index >= 15 is 0 Å². The number of guanidine groups is 1. The fourth-order valence-corrected chi connectivity index (χ4v) is 3.50. The number of H-pyrrole nitrogens is 1. The van der Waals surface area contributed by atoms with E-state index in [9.17, 15) is 0 Å². The first-order valence-electron chi connectivity index (χ1n) is 8.74. The molecule has 0 unspecified atom stereocenters. The number of para-hydroxylation sites is 1. The van der Waals surface area contributed by atoms with Crippen molar-refractivity contribution in [3.63, 3.8) is 0 Å². The van der Waals surface area contributed by atoms with Crippen LogP contribution in [0.1, 0.15) is 28.8 Å². The van der Waals surface area contributed by atoms with Crippen LogP contribution in [0.2, 0.25) is 0 Å². The molecule has 0 spiro atoms. The van der Waals surface area contributed by atoms with E-state index in [0.29, 0.717) is 6.54 Å². The van der Waals surface area contributed by atoms with Gasteiger partial charge in [-0.1, -0.05) is 18.2 Å². The Labute approximate surface area is 175 Å². The average Bonchev–Trinajstić information content (AvgIpc) is 3.22. The zero-order chi connectivity index (χ0) is 17.5. The molecular weight excluding hydrogens is 457 g/mol. The number of rotatable bonds is 7. The number of thiazole rings is 1. The van der Waals surface area contributed by atoms with Crippen LogP contribution in [-0.2, 0) is 13.0 Å². The highest BCUT2D eigenvalue weighted by Crippen LogP contribution is 2.18. The monoisotopic (exact) mass is 483 g/mol. The maximum Gasteiger partial charge on any atom is 0.191 e. The quantitative estimate of drug-likeness (QED) is 0.204. The maximum atomic E-state index is 4.62. The third kappa shape index (κ3) is 5.70. The van der Waals surface area contributed by atoms with Gasteiger partial charge in [0.15, 0.2) is 5.96 Å². The van der Waals surface area contributed by atoms with Crippen molar-refractivity contribution in [1.82, 2.24) is 20.6 Å². The van der Waals surface area contributed by atoms with Crippen molar-refractivity contribution < 1.29 is 0 Å². The lowest BCUT2D eigenvalue weighted by atomic mass is 10.1. The second-order valence-electron chi connectivity index (χ2n) is 5.95. The summed E-state index contributed by atoms with van der Waals surface area (Å²) in [5, 5.41) is 9.08. The predicted octanol–water partition coefficient (Wildman–Crippen LogP) is 4.24. The summed E-state index contributed by atoms with van der Waals surface area (Å²) in [6.45, 7) is 6.51. The third-order valence-electron chi connectivity index (χ3n) is 3.98. The summed E-state index contributed by atoms with van der Waals surface area (Å²) < 4.78 is 0. The largest absolute Gasteiger partial charge is 0.361 e. The van der Waals surface area contributed by atoms with E-state index < -0.39 is 0 Å². The van der Waals surface area contributed by atoms with Crippen LogP contribution >= 0.6 is 35.3 Å². The minimum Gasteiger partial charge on any atom is -0.361 e. The van der Waals surface area contributed by atoms with Crippen molar-refractivity contribution in [2.75, 3.05) is 13.1 Å². The van der Waals surface area contributed by atoms with Crippen molar-refractivity contribution in [2.45, 2.75) is 33.2 Å². The number of nitrogens with one attached hydrogen (secondary N) is 3. The summed E-state index contributed by atoms with van der Waals surface area (Å²) in [5.74, 6) is 0.856. The average molecular weight is 483 g/mol. The second kappa shape index (κ2) is 10.5. The van der Waals surface area contributed by atoms with Gasteiger partial charge in [0, 0.05) is 41.3 Å². The van der Waals surface area contributed by atoms with Crippen LogP contribution in [-0.4, -0.2) is 29.0 Å². The minimum absolute atomic E-state index is 0. The molecule has 3 rings (SSSR count). The van der Waals surface area contributed by atoms with E-state index in [2.05, 4.69) is 69.9 Å². The van der Waals surface area contributed by atoms with Crippen molar-refractivity contribution in [3.05, 3.63) is 52.1 Å². The SMILES string of the molecule is CCNC(=NCc1ncc(C)s1)NCCCc1c[nH]c2ccccc12.I. The molecule has 3 N–H and O–H groups in total. The van der Waals surface area contributed by atoms with Crippen LogP contribution in [0.25, 0.3) is 10.9 Å². The van der Waals surface area contributed by atoms with Gasteiger partial charge in [-0.15, -0.1) is 35.3 Å². The molecule has 0 aliphatic carbocycles. The van der Waals surface area contributed by atoms with Crippen LogP contribution in [0.4, 0.5) is 0 Å². The van der Waals surface area contributed by atoms with Gasteiger partial charge in [0.2, 0.25) is 0 Å². The Morgan fingerprint density at radius 1 is 1.27 bits per heavy atom. The molecular formula is C19H26IN5S. The molecule has 0 amide bonds. The van der Waals surface area contributed by atoms with Gasteiger partial charge in [0.25, 0.3) is 0 Å². The Hall–Kier alpha value is -1.61. The van der Waals surface area contributed by atoms with E-state index in [4.69, 9.17) is 0 Å². The van der Waals surface area contributed by atoms with Crippen LogP contribution in [0, 0.1) is 6.92 Å². The summed E-state index contributed by atoms with van der Waals surface area (Å²) >= 11 is 1.70. The molecule has 140 valence electrons. The molecule has 0 saturated heterocycles. The topological polar surface area (TPSA) is 65.1 Å². The second-order valence-corrected chi connectivity index (χ2v) is 7.27. The van der Waals surface area contributed by atoms with Crippen LogP contribution in [0.5, 0.6) is 0 Å². The van der Waals surface area contributed by atoms with Gasteiger partial charge in [0.05, 0.1) is 6.54 Å². The lowest BCUT2D eigenvalue weighted by Gasteiger charge is -2.10. The molecule has 0 saturated carbocycles. The van der Waals surface area contributed by atoms with E-state index in [1.807, 2.05) is 6.20 Å². The molecule has 0 radical (unpaired) electrons. The number of aromatic nitrogens is 2. The van der Waals surface area contributed by atoms with Gasteiger partial charge in [-0.05, 0) is 38.3 Å². The van der Waals surface area contributed by atoms with Gasteiger partial charge in [-0.2, -0.15) is 0 Å². The number of benzene rings is 1. The van der Waals surface area contributed by atoms with E-state index in [1.165, 1.54) is 21.3 Å². The predicted molar refractivity (Wildman–Crippen MR) is 122 cm³/mol. The maximum absolute atomic E-state index is 4.62. The Bertz CT molecular complexity index is 839. The smallest absolute Gasteiger partial charge is 0.191 e. The van der Waals surface area contributed by atoms with Gasteiger partial charge in [-0.25, -0.2) is 9.98 Å². The fourth-order valence-electron chi connectivity index (χ4n) is 2.79. The Balaban J connectivity index is 0.00000243. The standard InChI is InChI=1S/C19H25N5S.HI/c1-3-20-19(24-13-18-23-11-14(2)25-18)21-10-6-7-15-12-22-17-9-5-4-8-16(15)17;/h4-5,8-9,11-12,22H,3,6-7,10,13H2,1-2H3,(H2,20,21,24);1H. The summed E-state index contributed by atoms with van der Waals surface area (Å²) in [4.78, 5) is 13.5. The number of aryl methyl sites for hydroxylation is 2. The first kappa shape index (κ1) is 20.7. The normalized spacial score (nSPS) is 11.4. The number of hydrogen-bond donors (Lipinski definition) is 3. The number of halogens is 1. The van der Waals surface area contributed by atoms with E-state index in [1.54, 1.807) is 11.3 Å². The first-order chi connectivity index (χ1) is 12.3. The molecule has 1 aromatic carbocycles. The number of nitrogens with zero attached hydrogens (tertiary/aromatic N) is 2. The molecule has 0 aliphatic heterocycles. The van der Waals surface area contributed by atoms with Crippen LogP contribution in [0.3, 0.4) is 0 Å². The fraction of sp³-hybridized carbons (Fsp3) is 0.368. The third-order valence-corrected chi connectivity index (χ3v) is 4.87. The Morgan fingerprint density at radius 3 is 2.88 bits per heavy atom. The summed E-state index contributed by atoms with van der Waals surface area (Å²) in [5.41, 5.74) is 2.58. The molecule has 0 bridgehead atoms. The number of hydrogen-bond acceptors (Lipinski definition) is 3. The van der Waals surface area contributed by atoms with E-state index in [0.717, 1.165) is 36.9 Å². The van der Waals surface area contributed by atoms with Crippen molar-refractivity contribution >= 4 is 52.2 Å². The lowest BCUT2D eigenvalue weighted by molar-refractivity contribution is 0.745. The van der Waals surface area contributed by atoms with Crippen LogP contribution in [0.15, 0.2) is 41.7 Å². The molecule has 3 aromatic rings. The molecule has 0 aliphatic rings. The molecule has 5 nitrogen and oxygen atoms in total. The highest BCUT2D eigenvalue weighted by molar-refractivity contribution is 14.0. The van der Waals surface area contributed by atoms with Crippen molar-refractivity contribution in [2.24, 2.45) is 4.99 Å². The highest BCUT2D eigenvalue weighted by atomic mass is 127. The Morgan fingerprint density at radius 2 is 2.12 bits per heavy atom. The van der Waals surface area contributed by atoms with Gasteiger partial charge in [0.1, 0.15) is 5.01 Å². The number of fused-ring (bicyclic) bond motifs is 1. The summed E-state index contributed by atoms with van der Waals surface area (Å²) in [6.07, 6.45) is 6.12. The first-order valence-corrected chi connectivity index (χ1v) is 9.56. The van der Waals surface area contributed by atoms with Gasteiger partial charge in [-0.3, -0.25) is 0 Å². The highest BCUT2D eigenvalue weighted by Gasteiger charge is 2.03. The summed E-state index contributed by atoms with van der Waals surface area (Å²) in [7, 11) is 0. The van der Waals surface area contributed by atoms with E-state index in [-0.39, 0.29) is 24.0 Å². The molecule has 2 heterocycles.